The summed E-state index contributed by atoms with van der Waals surface area (Å²) in [5, 5.41) is 4.99. The number of carbonyl (C=O) groups is 1. The summed E-state index contributed by atoms with van der Waals surface area (Å²) in [4.78, 5) is 13.3. The van der Waals surface area contributed by atoms with E-state index in [1.165, 1.54) is 0 Å². The molecule has 0 bridgehead atoms. The van der Waals surface area contributed by atoms with Gasteiger partial charge in [0.1, 0.15) is 0 Å². The van der Waals surface area contributed by atoms with E-state index in [2.05, 4.69) is 37.2 Å². The van der Waals surface area contributed by atoms with E-state index in [9.17, 15) is 4.79 Å². The Kier molecular flexibility index (Phi) is 4.59. The van der Waals surface area contributed by atoms with Crippen LogP contribution in [0.15, 0.2) is 44.7 Å². The molecule has 0 saturated carbocycles. The Morgan fingerprint density at radius 1 is 1.28 bits per heavy atom. The highest BCUT2D eigenvalue weighted by molar-refractivity contribution is 9.11. The van der Waals surface area contributed by atoms with Gasteiger partial charge in [-0.05, 0) is 36.6 Å². The van der Waals surface area contributed by atoms with E-state index in [4.69, 9.17) is 0 Å². The molecule has 18 heavy (non-hydrogen) atoms. The molecule has 1 heterocycles. The van der Waals surface area contributed by atoms with E-state index in [0.717, 1.165) is 13.8 Å². The second-order valence-electron chi connectivity index (χ2n) is 3.87. The lowest BCUT2D eigenvalue weighted by atomic mass is 10.2. The predicted octanol–water partition coefficient (Wildman–Crippen LogP) is 4.76. The van der Waals surface area contributed by atoms with E-state index < -0.39 is 0 Å². The van der Waals surface area contributed by atoms with Crippen LogP contribution in [0.3, 0.4) is 0 Å². The van der Waals surface area contributed by atoms with E-state index >= 15 is 0 Å². The first-order valence-electron chi connectivity index (χ1n) is 5.36. The zero-order valence-electron chi connectivity index (χ0n) is 9.61. The number of amides is 1. The fraction of sp³-hybridized carbons (Fsp3) is 0.154. The van der Waals surface area contributed by atoms with Gasteiger partial charge < -0.3 is 5.32 Å². The highest BCUT2D eigenvalue weighted by atomic mass is 79.9. The summed E-state index contributed by atoms with van der Waals surface area (Å²) in [5.74, 6) is -0.0714. The molecule has 1 aromatic carbocycles. The molecule has 0 fully saturated rings. The van der Waals surface area contributed by atoms with Gasteiger partial charge in [-0.3, -0.25) is 4.79 Å². The van der Waals surface area contributed by atoms with Crippen LogP contribution in [0.1, 0.15) is 28.2 Å². The van der Waals surface area contributed by atoms with Crippen LogP contribution in [0, 0.1) is 0 Å². The summed E-state index contributed by atoms with van der Waals surface area (Å²) in [5.41, 5.74) is 0.639. The SMILES string of the molecule is CC(NC(=O)c1cc(Br)cc(Br)c1)c1cccs1. The molecule has 1 amide bonds. The molecule has 0 aliphatic carbocycles. The minimum absolute atomic E-state index is 0.0234. The van der Waals surface area contributed by atoms with Crippen LogP contribution in [-0.2, 0) is 0 Å². The Balaban J connectivity index is 2.12. The number of nitrogens with one attached hydrogen (secondary N) is 1. The largest absolute Gasteiger partial charge is 0.345 e. The van der Waals surface area contributed by atoms with Gasteiger partial charge in [0.2, 0.25) is 0 Å². The van der Waals surface area contributed by atoms with Gasteiger partial charge in [-0.25, -0.2) is 0 Å². The number of thiophene rings is 1. The third-order valence-electron chi connectivity index (χ3n) is 2.44. The topological polar surface area (TPSA) is 29.1 Å². The van der Waals surface area contributed by atoms with E-state index in [0.29, 0.717) is 5.56 Å². The molecule has 0 aliphatic rings. The monoisotopic (exact) mass is 387 g/mol. The molecule has 0 saturated heterocycles. The minimum atomic E-state index is -0.0714. The average Bonchev–Trinajstić information content (AvgIpc) is 2.80. The third kappa shape index (κ3) is 3.43. The molecular weight excluding hydrogens is 378 g/mol. The van der Waals surface area contributed by atoms with Gasteiger partial charge in [-0.1, -0.05) is 37.9 Å². The van der Waals surface area contributed by atoms with Crippen molar-refractivity contribution >= 4 is 49.1 Å². The quantitative estimate of drug-likeness (QED) is 0.806. The molecule has 0 spiro atoms. The Hall–Kier alpha value is -0.650. The van der Waals surface area contributed by atoms with Crippen molar-refractivity contribution in [3.8, 4) is 0 Å². The van der Waals surface area contributed by atoms with Crippen LogP contribution < -0.4 is 5.32 Å². The van der Waals surface area contributed by atoms with Crippen molar-refractivity contribution in [2.75, 3.05) is 0 Å². The number of benzene rings is 1. The van der Waals surface area contributed by atoms with Crippen LogP contribution in [0.4, 0.5) is 0 Å². The lowest BCUT2D eigenvalue weighted by Gasteiger charge is -2.12. The zero-order valence-corrected chi connectivity index (χ0v) is 13.6. The summed E-state index contributed by atoms with van der Waals surface area (Å²) < 4.78 is 1.76. The molecule has 5 heteroatoms. The standard InChI is InChI=1S/C13H11Br2NOS/c1-8(12-3-2-4-18-12)16-13(17)9-5-10(14)7-11(15)6-9/h2-8H,1H3,(H,16,17). The van der Waals surface area contributed by atoms with Gasteiger partial charge in [-0.15, -0.1) is 11.3 Å². The van der Waals surface area contributed by atoms with Crippen molar-refractivity contribution < 1.29 is 4.79 Å². The zero-order chi connectivity index (χ0) is 13.1. The molecule has 2 rings (SSSR count). The predicted molar refractivity (Wildman–Crippen MR) is 82.0 cm³/mol. The van der Waals surface area contributed by atoms with Crippen molar-refractivity contribution in [3.63, 3.8) is 0 Å². The summed E-state index contributed by atoms with van der Waals surface area (Å²) >= 11 is 8.40. The molecule has 1 aromatic heterocycles. The van der Waals surface area contributed by atoms with Crippen molar-refractivity contribution in [2.45, 2.75) is 13.0 Å². The molecule has 1 unspecified atom stereocenters. The van der Waals surface area contributed by atoms with Crippen molar-refractivity contribution in [1.29, 1.82) is 0 Å². The summed E-state index contributed by atoms with van der Waals surface area (Å²) in [6.45, 7) is 1.98. The van der Waals surface area contributed by atoms with E-state index in [-0.39, 0.29) is 11.9 Å². The smallest absolute Gasteiger partial charge is 0.251 e. The number of hydrogen-bond donors (Lipinski definition) is 1. The maximum atomic E-state index is 12.1. The number of rotatable bonds is 3. The van der Waals surface area contributed by atoms with Gasteiger partial charge in [0.25, 0.3) is 5.91 Å². The first kappa shape index (κ1) is 13.8. The lowest BCUT2D eigenvalue weighted by Crippen LogP contribution is -2.26. The maximum absolute atomic E-state index is 12.1. The molecule has 0 radical (unpaired) electrons. The number of carbonyl (C=O) groups excluding carboxylic acids is 1. The van der Waals surface area contributed by atoms with Crippen LogP contribution in [-0.4, -0.2) is 5.91 Å². The van der Waals surface area contributed by atoms with Gasteiger partial charge in [0.15, 0.2) is 0 Å². The van der Waals surface area contributed by atoms with E-state index in [1.54, 1.807) is 23.5 Å². The third-order valence-corrected chi connectivity index (χ3v) is 4.41. The van der Waals surface area contributed by atoms with Crippen molar-refractivity contribution in [3.05, 3.63) is 55.1 Å². The molecule has 2 aromatic rings. The second-order valence-corrected chi connectivity index (χ2v) is 6.68. The highest BCUT2D eigenvalue weighted by Crippen LogP contribution is 2.22. The average molecular weight is 389 g/mol. The first-order chi connectivity index (χ1) is 8.56. The van der Waals surface area contributed by atoms with Gasteiger partial charge in [-0.2, -0.15) is 0 Å². The molecule has 0 aliphatic heterocycles. The minimum Gasteiger partial charge on any atom is -0.345 e. The van der Waals surface area contributed by atoms with Gasteiger partial charge >= 0.3 is 0 Å². The first-order valence-corrected chi connectivity index (χ1v) is 7.83. The fourth-order valence-electron chi connectivity index (χ4n) is 1.57. The van der Waals surface area contributed by atoms with Gasteiger partial charge in [0, 0.05) is 19.4 Å². The second kappa shape index (κ2) is 5.99. The maximum Gasteiger partial charge on any atom is 0.251 e. The van der Waals surface area contributed by atoms with Crippen LogP contribution in [0.2, 0.25) is 0 Å². The molecule has 94 valence electrons. The molecule has 1 atom stereocenters. The van der Waals surface area contributed by atoms with Crippen molar-refractivity contribution in [2.24, 2.45) is 0 Å². The van der Waals surface area contributed by atoms with Crippen LogP contribution >= 0.6 is 43.2 Å². The Morgan fingerprint density at radius 2 is 1.94 bits per heavy atom. The Labute approximate surface area is 127 Å². The highest BCUT2D eigenvalue weighted by Gasteiger charge is 2.12. The van der Waals surface area contributed by atoms with Gasteiger partial charge in [0.05, 0.1) is 6.04 Å². The molecular formula is C13H11Br2NOS. The van der Waals surface area contributed by atoms with Crippen LogP contribution in [0.5, 0.6) is 0 Å². The normalized spacial score (nSPS) is 12.2. The van der Waals surface area contributed by atoms with Crippen LogP contribution in [0.25, 0.3) is 0 Å². The Bertz CT molecular complexity index is 534. The Morgan fingerprint density at radius 3 is 2.50 bits per heavy atom. The molecule has 2 nitrogen and oxygen atoms in total. The molecule has 1 N–H and O–H groups in total. The summed E-state index contributed by atoms with van der Waals surface area (Å²) in [6, 6.07) is 9.54. The lowest BCUT2D eigenvalue weighted by molar-refractivity contribution is 0.0940. The number of halogens is 2. The fourth-order valence-corrected chi connectivity index (χ4v) is 3.60. The van der Waals surface area contributed by atoms with E-state index in [1.807, 2.05) is 30.5 Å². The number of hydrogen-bond acceptors (Lipinski definition) is 2. The summed E-state index contributed by atoms with van der Waals surface area (Å²) in [7, 11) is 0. The van der Waals surface area contributed by atoms with Crippen molar-refractivity contribution in [1.82, 2.24) is 5.32 Å². The summed E-state index contributed by atoms with van der Waals surface area (Å²) in [6.07, 6.45) is 0.